The van der Waals surface area contributed by atoms with Crippen molar-refractivity contribution in [1.82, 2.24) is 5.43 Å². The first-order valence-electron chi connectivity index (χ1n) is 6.26. The van der Waals surface area contributed by atoms with Crippen LogP contribution in [0, 0.1) is 0 Å². The lowest BCUT2D eigenvalue weighted by Gasteiger charge is -2.33. The van der Waals surface area contributed by atoms with Crippen LogP contribution in [-0.4, -0.2) is 25.4 Å². The molecule has 4 nitrogen and oxygen atoms in total. The van der Waals surface area contributed by atoms with Crippen LogP contribution in [0.25, 0.3) is 0 Å². The highest BCUT2D eigenvalue weighted by molar-refractivity contribution is 5.29. The summed E-state index contributed by atoms with van der Waals surface area (Å²) in [5, 5.41) is 0. The fourth-order valence-corrected chi connectivity index (χ4v) is 2.01. The van der Waals surface area contributed by atoms with Gasteiger partial charge in [0.2, 0.25) is 0 Å². The van der Waals surface area contributed by atoms with Gasteiger partial charge < -0.3 is 9.47 Å². The van der Waals surface area contributed by atoms with Crippen molar-refractivity contribution in [3.8, 4) is 5.75 Å². The van der Waals surface area contributed by atoms with Gasteiger partial charge in [-0.1, -0.05) is 12.1 Å². The largest absolute Gasteiger partial charge is 0.497 e. The van der Waals surface area contributed by atoms with E-state index < -0.39 is 0 Å². The van der Waals surface area contributed by atoms with Crippen molar-refractivity contribution in [2.75, 3.05) is 13.7 Å². The summed E-state index contributed by atoms with van der Waals surface area (Å²) in [5.74, 6) is 6.51. The minimum Gasteiger partial charge on any atom is -0.497 e. The second kappa shape index (κ2) is 6.73. The Morgan fingerprint density at radius 3 is 2.67 bits per heavy atom. The van der Waals surface area contributed by atoms with Gasteiger partial charge in [0.1, 0.15) is 5.75 Å². The molecule has 0 aliphatic carbocycles. The van der Waals surface area contributed by atoms with Crippen LogP contribution in [-0.2, 0) is 11.2 Å². The van der Waals surface area contributed by atoms with Gasteiger partial charge in [0.25, 0.3) is 0 Å². The predicted octanol–water partition coefficient (Wildman–Crippen LogP) is 1.88. The highest BCUT2D eigenvalue weighted by atomic mass is 16.5. The number of hydrogen-bond acceptors (Lipinski definition) is 4. The third-order valence-electron chi connectivity index (χ3n) is 3.13. The lowest BCUT2D eigenvalue weighted by molar-refractivity contribution is -0.0381. The Kier molecular flexibility index (Phi) is 5.59. The van der Waals surface area contributed by atoms with Gasteiger partial charge in [-0.05, 0) is 44.9 Å². The number of hydrazine groups is 1. The van der Waals surface area contributed by atoms with Gasteiger partial charge in [-0.2, -0.15) is 0 Å². The summed E-state index contributed by atoms with van der Waals surface area (Å²) in [6.45, 7) is 6.74. The molecule has 0 saturated carbocycles. The Morgan fingerprint density at radius 1 is 1.39 bits per heavy atom. The highest BCUT2D eigenvalue weighted by Gasteiger charge is 2.29. The molecule has 1 rings (SSSR count). The van der Waals surface area contributed by atoms with Gasteiger partial charge in [0.05, 0.1) is 18.8 Å². The van der Waals surface area contributed by atoms with Gasteiger partial charge in [0.15, 0.2) is 0 Å². The summed E-state index contributed by atoms with van der Waals surface area (Å²) in [7, 11) is 1.67. The van der Waals surface area contributed by atoms with E-state index in [9.17, 15) is 0 Å². The number of rotatable bonds is 7. The van der Waals surface area contributed by atoms with Crippen LogP contribution >= 0.6 is 0 Å². The second-order valence-electron chi connectivity index (χ2n) is 4.81. The lowest BCUT2D eigenvalue weighted by Crippen LogP contribution is -2.52. The zero-order valence-corrected chi connectivity index (χ0v) is 11.7. The number of methoxy groups -OCH3 is 1. The van der Waals surface area contributed by atoms with Crippen LogP contribution in [0.15, 0.2) is 24.3 Å². The van der Waals surface area contributed by atoms with Crippen LogP contribution in [0.5, 0.6) is 5.75 Å². The van der Waals surface area contributed by atoms with E-state index in [1.54, 1.807) is 7.11 Å². The minimum absolute atomic E-state index is 0.0459. The summed E-state index contributed by atoms with van der Waals surface area (Å²) in [6, 6.07) is 8.04. The molecule has 0 aliphatic heterocycles. The molecule has 18 heavy (non-hydrogen) atoms. The summed E-state index contributed by atoms with van der Waals surface area (Å²) in [6.07, 6.45) is 0.792. The van der Waals surface area contributed by atoms with Crippen molar-refractivity contribution in [2.45, 2.75) is 38.8 Å². The number of ether oxygens (including phenoxy) is 2. The van der Waals surface area contributed by atoms with Gasteiger partial charge in [-0.15, -0.1) is 0 Å². The van der Waals surface area contributed by atoms with Crippen LogP contribution in [0.4, 0.5) is 0 Å². The van der Waals surface area contributed by atoms with Crippen molar-refractivity contribution in [3.05, 3.63) is 29.8 Å². The van der Waals surface area contributed by atoms with E-state index in [2.05, 4.69) is 11.5 Å². The zero-order chi connectivity index (χ0) is 13.6. The standard InChI is InChI=1S/C14H24N2O2/c1-5-18-14(2,3)13(16-15)10-11-7-6-8-12(9-11)17-4/h6-9,13,16H,5,10,15H2,1-4H3. The molecule has 0 amide bonds. The SMILES string of the molecule is CCOC(C)(C)C(Cc1cccc(OC)c1)NN. The Morgan fingerprint density at radius 2 is 2.11 bits per heavy atom. The quantitative estimate of drug-likeness (QED) is 0.575. The normalized spacial score (nSPS) is 13.4. The van der Waals surface area contributed by atoms with Gasteiger partial charge in [-0.25, -0.2) is 0 Å². The highest BCUT2D eigenvalue weighted by Crippen LogP contribution is 2.20. The minimum atomic E-state index is -0.313. The molecule has 4 heteroatoms. The van der Waals surface area contributed by atoms with Gasteiger partial charge >= 0.3 is 0 Å². The molecule has 0 aliphatic rings. The Bertz CT molecular complexity index is 367. The van der Waals surface area contributed by atoms with E-state index in [1.807, 2.05) is 39.0 Å². The Hall–Kier alpha value is -1.10. The summed E-state index contributed by atoms with van der Waals surface area (Å²) in [5.41, 5.74) is 3.71. The van der Waals surface area contributed by atoms with Crippen LogP contribution < -0.4 is 16.0 Å². The van der Waals surface area contributed by atoms with Crippen molar-refractivity contribution in [3.63, 3.8) is 0 Å². The first kappa shape index (κ1) is 15.0. The topological polar surface area (TPSA) is 56.5 Å². The van der Waals surface area contributed by atoms with E-state index >= 15 is 0 Å². The monoisotopic (exact) mass is 252 g/mol. The van der Waals surface area contributed by atoms with E-state index in [4.69, 9.17) is 15.3 Å². The van der Waals surface area contributed by atoms with Crippen LogP contribution in [0.1, 0.15) is 26.3 Å². The maximum Gasteiger partial charge on any atom is 0.119 e. The second-order valence-corrected chi connectivity index (χ2v) is 4.81. The molecule has 102 valence electrons. The number of hydrogen-bond donors (Lipinski definition) is 2. The molecule has 3 N–H and O–H groups in total. The van der Waals surface area contributed by atoms with E-state index in [0.717, 1.165) is 12.2 Å². The van der Waals surface area contributed by atoms with Crippen molar-refractivity contribution >= 4 is 0 Å². The van der Waals surface area contributed by atoms with Crippen molar-refractivity contribution < 1.29 is 9.47 Å². The first-order valence-corrected chi connectivity index (χ1v) is 6.26. The number of nitrogens with two attached hydrogens (primary N) is 1. The van der Waals surface area contributed by atoms with Crippen LogP contribution in [0.2, 0.25) is 0 Å². The molecule has 1 atom stereocenters. The molecule has 0 heterocycles. The maximum absolute atomic E-state index is 5.74. The van der Waals surface area contributed by atoms with Gasteiger partial charge in [0, 0.05) is 6.61 Å². The zero-order valence-electron chi connectivity index (χ0n) is 11.7. The molecular formula is C14H24N2O2. The Labute approximate surface area is 109 Å². The Balaban J connectivity index is 2.78. The molecule has 0 radical (unpaired) electrons. The molecule has 0 aromatic heterocycles. The van der Waals surface area contributed by atoms with Crippen LogP contribution in [0.3, 0.4) is 0 Å². The fraction of sp³-hybridized carbons (Fsp3) is 0.571. The summed E-state index contributed by atoms with van der Waals surface area (Å²) < 4.78 is 11.0. The molecule has 0 bridgehead atoms. The maximum atomic E-state index is 5.74. The van der Waals surface area contributed by atoms with E-state index in [1.165, 1.54) is 5.56 Å². The third kappa shape index (κ3) is 3.98. The fourth-order valence-electron chi connectivity index (χ4n) is 2.01. The predicted molar refractivity (Wildman–Crippen MR) is 73.5 cm³/mol. The molecule has 1 aromatic rings. The molecule has 0 fully saturated rings. The van der Waals surface area contributed by atoms with Gasteiger partial charge in [-0.3, -0.25) is 11.3 Å². The molecule has 0 saturated heterocycles. The smallest absolute Gasteiger partial charge is 0.119 e. The van der Waals surface area contributed by atoms with E-state index in [-0.39, 0.29) is 11.6 Å². The molecular weight excluding hydrogens is 228 g/mol. The lowest BCUT2D eigenvalue weighted by atomic mass is 9.92. The first-order chi connectivity index (χ1) is 8.53. The third-order valence-corrected chi connectivity index (χ3v) is 3.13. The number of benzene rings is 1. The summed E-state index contributed by atoms with van der Waals surface area (Å²) >= 11 is 0. The van der Waals surface area contributed by atoms with Crippen molar-refractivity contribution in [1.29, 1.82) is 0 Å². The average molecular weight is 252 g/mol. The number of nitrogens with one attached hydrogen (secondary N) is 1. The van der Waals surface area contributed by atoms with E-state index in [0.29, 0.717) is 6.61 Å². The molecule has 0 spiro atoms. The molecule has 1 unspecified atom stereocenters. The average Bonchev–Trinajstić information content (AvgIpc) is 2.36. The van der Waals surface area contributed by atoms with Crippen molar-refractivity contribution in [2.24, 2.45) is 5.84 Å². The molecule has 1 aromatic carbocycles. The summed E-state index contributed by atoms with van der Waals surface area (Å²) in [4.78, 5) is 0.